The van der Waals surface area contributed by atoms with Crippen LogP contribution in [0.4, 0.5) is 26.3 Å². The van der Waals surface area contributed by atoms with Gasteiger partial charge in [0.1, 0.15) is 0 Å². The quantitative estimate of drug-likeness (QED) is 0.453. The molecule has 20 heavy (non-hydrogen) atoms. The second-order valence-electron chi connectivity index (χ2n) is 3.60. The van der Waals surface area contributed by atoms with E-state index in [9.17, 15) is 35.9 Å². The van der Waals surface area contributed by atoms with E-state index in [4.69, 9.17) is 0 Å². The molecule has 0 atom stereocenters. The van der Waals surface area contributed by atoms with E-state index in [2.05, 4.69) is 4.74 Å². The Bertz CT molecular complexity index is 512. The van der Waals surface area contributed by atoms with E-state index in [1.165, 1.54) is 0 Å². The van der Waals surface area contributed by atoms with Gasteiger partial charge in [0.2, 0.25) is 0 Å². The van der Waals surface area contributed by atoms with Crippen molar-refractivity contribution in [2.24, 2.45) is 0 Å². The monoisotopic (exact) mass is 300 g/mol. The Morgan fingerprint density at radius 1 is 0.950 bits per heavy atom. The average Bonchev–Trinajstić information content (AvgIpc) is 2.24. The molecular formula is C11H6F6O3. The molecular weight excluding hydrogens is 294 g/mol. The lowest BCUT2D eigenvalue weighted by atomic mass is 10.00. The number of rotatable bonds is 1. The van der Waals surface area contributed by atoms with Gasteiger partial charge in [0.15, 0.2) is 0 Å². The molecule has 0 spiro atoms. The third kappa shape index (κ3) is 3.49. The zero-order chi connectivity index (χ0) is 15.7. The van der Waals surface area contributed by atoms with Gasteiger partial charge in [0.05, 0.1) is 16.7 Å². The van der Waals surface area contributed by atoms with Crippen LogP contribution in [-0.4, -0.2) is 11.9 Å². The van der Waals surface area contributed by atoms with Crippen LogP contribution >= 0.6 is 0 Å². The molecule has 0 amide bonds. The summed E-state index contributed by atoms with van der Waals surface area (Å²) in [5.74, 6) is -3.32. The Balaban J connectivity index is 3.57. The van der Waals surface area contributed by atoms with Crippen molar-refractivity contribution in [2.75, 3.05) is 0 Å². The second-order valence-corrected chi connectivity index (χ2v) is 3.60. The van der Waals surface area contributed by atoms with Crippen LogP contribution in [0.3, 0.4) is 0 Å². The Hall–Kier alpha value is -2.06. The third-order valence-corrected chi connectivity index (χ3v) is 2.12. The van der Waals surface area contributed by atoms with Gasteiger partial charge in [-0.25, -0.2) is 4.79 Å². The van der Waals surface area contributed by atoms with Crippen LogP contribution in [0.25, 0.3) is 0 Å². The molecule has 0 saturated carbocycles. The number of carbonyl (C=O) groups excluding carboxylic acids is 2. The van der Waals surface area contributed by atoms with E-state index in [0.717, 1.165) is 0 Å². The number of alkyl halides is 6. The predicted octanol–water partition coefficient (Wildman–Crippen LogP) is 3.43. The number of esters is 2. The summed E-state index contributed by atoms with van der Waals surface area (Å²) in [4.78, 5) is 21.9. The maximum absolute atomic E-state index is 12.7. The lowest BCUT2D eigenvalue weighted by Crippen LogP contribution is -2.22. The maximum Gasteiger partial charge on any atom is 0.417 e. The fourth-order valence-corrected chi connectivity index (χ4v) is 1.43. The zero-order valence-electron chi connectivity index (χ0n) is 9.72. The van der Waals surface area contributed by atoms with Crippen molar-refractivity contribution in [1.29, 1.82) is 0 Å². The minimum absolute atomic E-state index is 0.298. The molecule has 0 aliphatic rings. The van der Waals surface area contributed by atoms with Crippen LogP contribution in [0, 0.1) is 0 Å². The van der Waals surface area contributed by atoms with Crippen LogP contribution < -0.4 is 0 Å². The average molecular weight is 300 g/mol. The first kappa shape index (κ1) is 16.0. The minimum atomic E-state index is -5.20. The predicted molar refractivity (Wildman–Crippen MR) is 52.5 cm³/mol. The molecule has 0 aliphatic heterocycles. The summed E-state index contributed by atoms with van der Waals surface area (Å²) >= 11 is 0. The van der Waals surface area contributed by atoms with Crippen LogP contribution in [-0.2, 0) is 21.9 Å². The number of hydrogen-bond acceptors (Lipinski definition) is 3. The first-order chi connectivity index (χ1) is 8.94. The number of hydrogen-bond donors (Lipinski definition) is 0. The molecule has 0 bridgehead atoms. The summed E-state index contributed by atoms with van der Waals surface area (Å²) in [6, 6.07) is 1.11. The highest BCUT2D eigenvalue weighted by Crippen LogP contribution is 2.39. The highest BCUT2D eigenvalue weighted by Gasteiger charge is 2.43. The van der Waals surface area contributed by atoms with Gasteiger partial charge < -0.3 is 4.74 Å². The summed E-state index contributed by atoms with van der Waals surface area (Å²) in [6.07, 6.45) is -10.4. The van der Waals surface area contributed by atoms with Crippen LogP contribution in [0.1, 0.15) is 28.4 Å². The van der Waals surface area contributed by atoms with Gasteiger partial charge in [-0.05, 0) is 12.1 Å². The lowest BCUT2D eigenvalue weighted by Gasteiger charge is -2.16. The standard InChI is InChI=1S/C11H6F6O3/c1-5(18)20-9(19)8-6(10(12,13)14)3-2-4-7(8)11(15,16)17/h2-4H,1H3. The summed E-state index contributed by atoms with van der Waals surface area (Å²) in [5, 5.41) is 0. The number of benzene rings is 1. The van der Waals surface area contributed by atoms with Gasteiger partial charge in [0.25, 0.3) is 0 Å². The van der Waals surface area contributed by atoms with E-state index < -0.39 is 41.0 Å². The number of ether oxygens (including phenoxy) is 1. The maximum atomic E-state index is 12.7. The zero-order valence-corrected chi connectivity index (χ0v) is 9.72. The molecule has 1 aromatic carbocycles. The van der Waals surface area contributed by atoms with Crippen molar-refractivity contribution in [3.8, 4) is 0 Å². The van der Waals surface area contributed by atoms with E-state index in [1.807, 2.05) is 0 Å². The molecule has 1 aromatic rings. The first-order valence-corrected chi connectivity index (χ1v) is 4.94. The van der Waals surface area contributed by atoms with Crippen molar-refractivity contribution in [1.82, 2.24) is 0 Å². The smallest absolute Gasteiger partial charge is 0.390 e. The minimum Gasteiger partial charge on any atom is -0.390 e. The highest BCUT2D eigenvalue weighted by atomic mass is 19.4. The molecule has 0 fully saturated rings. The highest BCUT2D eigenvalue weighted by molar-refractivity contribution is 5.99. The summed E-state index contributed by atoms with van der Waals surface area (Å²) in [7, 11) is 0. The molecule has 0 unspecified atom stereocenters. The molecule has 0 radical (unpaired) electrons. The summed E-state index contributed by atoms with van der Waals surface area (Å²) in [6.45, 7) is 0.682. The fourth-order valence-electron chi connectivity index (χ4n) is 1.43. The van der Waals surface area contributed by atoms with Gasteiger partial charge in [-0.15, -0.1) is 0 Å². The van der Waals surface area contributed by atoms with Gasteiger partial charge in [-0.3, -0.25) is 4.79 Å². The number of halogens is 6. The summed E-state index contributed by atoms with van der Waals surface area (Å²) < 4.78 is 79.8. The van der Waals surface area contributed by atoms with Gasteiger partial charge in [-0.1, -0.05) is 6.07 Å². The van der Waals surface area contributed by atoms with Gasteiger partial charge >= 0.3 is 24.3 Å². The molecule has 110 valence electrons. The summed E-state index contributed by atoms with van der Waals surface area (Å²) in [5.41, 5.74) is -5.38. The third-order valence-electron chi connectivity index (χ3n) is 2.12. The molecule has 0 aromatic heterocycles. The van der Waals surface area contributed by atoms with Gasteiger partial charge in [0, 0.05) is 6.92 Å². The largest absolute Gasteiger partial charge is 0.417 e. The molecule has 3 nitrogen and oxygen atoms in total. The SMILES string of the molecule is CC(=O)OC(=O)c1c(C(F)(F)F)cccc1C(F)(F)F. The Kier molecular flexibility index (Phi) is 4.11. The molecule has 9 heteroatoms. The Labute approximate surface area is 108 Å². The van der Waals surface area contributed by atoms with E-state index in [0.29, 0.717) is 25.1 Å². The Morgan fingerprint density at radius 3 is 1.65 bits per heavy atom. The van der Waals surface area contributed by atoms with Crippen molar-refractivity contribution < 1.29 is 40.7 Å². The molecule has 0 aliphatic carbocycles. The van der Waals surface area contributed by atoms with E-state index >= 15 is 0 Å². The van der Waals surface area contributed by atoms with E-state index in [1.54, 1.807) is 0 Å². The van der Waals surface area contributed by atoms with Crippen molar-refractivity contribution in [3.63, 3.8) is 0 Å². The second kappa shape index (κ2) is 5.14. The topological polar surface area (TPSA) is 43.4 Å². The van der Waals surface area contributed by atoms with Crippen LogP contribution in [0.5, 0.6) is 0 Å². The molecule has 1 rings (SSSR count). The van der Waals surface area contributed by atoms with Crippen LogP contribution in [0.15, 0.2) is 18.2 Å². The van der Waals surface area contributed by atoms with Crippen molar-refractivity contribution >= 4 is 11.9 Å². The van der Waals surface area contributed by atoms with Crippen molar-refractivity contribution in [2.45, 2.75) is 19.3 Å². The normalized spacial score (nSPS) is 12.2. The molecule has 0 heterocycles. The molecule has 0 N–H and O–H groups in total. The fraction of sp³-hybridized carbons (Fsp3) is 0.273. The van der Waals surface area contributed by atoms with Gasteiger partial charge in [-0.2, -0.15) is 26.3 Å². The van der Waals surface area contributed by atoms with E-state index in [-0.39, 0.29) is 0 Å². The van der Waals surface area contributed by atoms with Crippen molar-refractivity contribution in [3.05, 3.63) is 34.9 Å². The van der Waals surface area contributed by atoms with Crippen LogP contribution in [0.2, 0.25) is 0 Å². The number of carbonyl (C=O) groups is 2. The first-order valence-electron chi connectivity index (χ1n) is 4.94. The Morgan fingerprint density at radius 2 is 1.35 bits per heavy atom. The molecule has 0 saturated heterocycles. The lowest BCUT2D eigenvalue weighted by molar-refractivity contribution is -0.145.